The second-order valence-corrected chi connectivity index (χ2v) is 5.81. The van der Waals surface area contributed by atoms with Crippen molar-refractivity contribution in [3.05, 3.63) is 35.9 Å². The molecule has 3 nitrogen and oxygen atoms in total. The summed E-state index contributed by atoms with van der Waals surface area (Å²) >= 11 is 0. The number of piperidine rings is 1. The lowest BCUT2D eigenvalue weighted by Gasteiger charge is -2.37. The number of hydrogen-bond donors (Lipinski definition) is 0. The van der Waals surface area contributed by atoms with Gasteiger partial charge in [-0.05, 0) is 37.0 Å². The number of aromatic nitrogens is 1. The van der Waals surface area contributed by atoms with Crippen molar-refractivity contribution < 1.29 is 4.74 Å². The van der Waals surface area contributed by atoms with E-state index in [0.717, 1.165) is 30.8 Å². The third-order valence-corrected chi connectivity index (χ3v) is 4.38. The van der Waals surface area contributed by atoms with Crippen LogP contribution < -0.4 is 4.90 Å². The van der Waals surface area contributed by atoms with Crippen LogP contribution in [-0.4, -0.2) is 31.3 Å². The first-order valence-corrected chi connectivity index (χ1v) is 7.33. The molecule has 1 saturated heterocycles. The maximum Gasteiger partial charge on any atom is 0.132 e. The molecule has 1 aromatic carbocycles. The first-order valence-electron chi connectivity index (χ1n) is 7.33. The highest BCUT2D eigenvalue weighted by Crippen LogP contribution is 2.28. The number of aryl methyl sites for hydroxylation is 1. The lowest BCUT2D eigenvalue weighted by Crippen LogP contribution is -2.44. The van der Waals surface area contributed by atoms with Crippen LogP contribution in [0.3, 0.4) is 0 Å². The molecule has 0 radical (unpaired) electrons. The molecule has 1 aromatic heterocycles. The van der Waals surface area contributed by atoms with Crippen LogP contribution in [-0.2, 0) is 4.74 Å². The Morgan fingerprint density at radius 3 is 2.90 bits per heavy atom. The van der Waals surface area contributed by atoms with Crippen molar-refractivity contribution in [1.29, 1.82) is 0 Å². The summed E-state index contributed by atoms with van der Waals surface area (Å²) in [5.41, 5.74) is 2.31. The van der Waals surface area contributed by atoms with Gasteiger partial charge in [-0.2, -0.15) is 0 Å². The number of hydrogen-bond acceptors (Lipinski definition) is 3. The van der Waals surface area contributed by atoms with E-state index in [4.69, 9.17) is 9.72 Å². The van der Waals surface area contributed by atoms with E-state index in [1.165, 1.54) is 10.9 Å². The summed E-state index contributed by atoms with van der Waals surface area (Å²) < 4.78 is 5.61. The minimum absolute atomic E-state index is 0.302. The summed E-state index contributed by atoms with van der Waals surface area (Å²) in [7, 11) is 1.81. The van der Waals surface area contributed by atoms with Crippen LogP contribution in [0, 0.1) is 12.8 Å². The van der Waals surface area contributed by atoms with E-state index in [9.17, 15) is 0 Å². The van der Waals surface area contributed by atoms with Gasteiger partial charge >= 0.3 is 0 Å². The van der Waals surface area contributed by atoms with Gasteiger partial charge in [-0.3, -0.25) is 0 Å². The van der Waals surface area contributed by atoms with E-state index in [1.807, 2.05) is 13.2 Å². The molecule has 3 heteroatoms. The molecule has 20 heavy (non-hydrogen) atoms. The van der Waals surface area contributed by atoms with Crippen molar-refractivity contribution in [3.8, 4) is 0 Å². The van der Waals surface area contributed by atoms with Gasteiger partial charge in [0.05, 0.1) is 11.6 Å². The number of pyridine rings is 1. The zero-order valence-electron chi connectivity index (χ0n) is 12.5. The van der Waals surface area contributed by atoms with Gasteiger partial charge in [0.1, 0.15) is 5.82 Å². The Morgan fingerprint density at radius 2 is 2.10 bits per heavy atom. The van der Waals surface area contributed by atoms with E-state index in [0.29, 0.717) is 12.0 Å². The Kier molecular flexibility index (Phi) is 3.62. The molecule has 0 aliphatic carbocycles. The quantitative estimate of drug-likeness (QED) is 0.836. The van der Waals surface area contributed by atoms with Crippen LogP contribution in [0.15, 0.2) is 30.3 Å². The molecule has 106 valence electrons. The molecular weight excluding hydrogens is 248 g/mol. The molecule has 0 spiro atoms. The van der Waals surface area contributed by atoms with Crippen molar-refractivity contribution in [2.75, 3.05) is 25.1 Å². The predicted molar refractivity (Wildman–Crippen MR) is 83.3 cm³/mol. The fourth-order valence-corrected chi connectivity index (χ4v) is 3.06. The Hall–Kier alpha value is -1.61. The molecule has 3 rings (SSSR count). The van der Waals surface area contributed by atoms with Crippen molar-refractivity contribution in [1.82, 2.24) is 4.98 Å². The monoisotopic (exact) mass is 270 g/mol. The van der Waals surface area contributed by atoms with Crippen molar-refractivity contribution in [2.45, 2.75) is 26.4 Å². The smallest absolute Gasteiger partial charge is 0.132 e. The number of rotatable bonds is 2. The average molecular weight is 270 g/mol. The van der Waals surface area contributed by atoms with Gasteiger partial charge in [0.2, 0.25) is 0 Å². The summed E-state index contributed by atoms with van der Waals surface area (Å²) in [6, 6.07) is 10.5. The number of ether oxygens (including phenoxy) is 1. The number of nitrogens with zero attached hydrogens (tertiary/aromatic N) is 2. The lowest BCUT2D eigenvalue weighted by molar-refractivity contribution is 0.0496. The molecule has 1 fully saturated rings. The predicted octanol–water partition coefficient (Wildman–Crippen LogP) is 3.40. The molecule has 0 N–H and O–H groups in total. The van der Waals surface area contributed by atoms with Gasteiger partial charge in [-0.25, -0.2) is 4.98 Å². The van der Waals surface area contributed by atoms with Gasteiger partial charge in [0.25, 0.3) is 0 Å². The molecule has 1 aliphatic heterocycles. The highest BCUT2D eigenvalue weighted by Gasteiger charge is 2.27. The minimum Gasteiger partial charge on any atom is -0.379 e. The Bertz CT molecular complexity index is 611. The van der Waals surface area contributed by atoms with Gasteiger partial charge in [-0.15, -0.1) is 0 Å². The Labute approximate surface area is 120 Å². The summed E-state index contributed by atoms with van der Waals surface area (Å²) in [5, 5.41) is 1.21. The van der Waals surface area contributed by atoms with Crippen LogP contribution in [0.2, 0.25) is 0 Å². The van der Waals surface area contributed by atoms with Crippen molar-refractivity contribution in [2.24, 2.45) is 5.92 Å². The third kappa shape index (κ3) is 2.38. The standard InChI is InChI=1S/C17H22N2O/c1-12-8-9-19(11-16(12)20-3)17-13(2)10-14-6-4-5-7-15(14)18-17/h4-7,10,12,16H,8-9,11H2,1-3H3. The zero-order chi connectivity index (χ0) is 14.1. The maximum atomic E-state index is 5.61. The topological polar surface area (TPSA) is 25.4 Å². The van der Waals surface area contributed by atoms with Crippen molar-refractivity contribution >= 4 is 16.7 Å². The SMILES string of the molecule is COC1CN(c2nc3ccccc3cc2C)CCC1C. The molecule has 2 heterocycles. The molecule has 2 unspecified atom stereocenters. The fraction of sp³-hybridized carbons (Fsp3) is 0.471. The second kappa shape index (κ2) is 5.41. The van der Waals surface area contributed by atoms with Crippen LogP contribution in [0.5, 0.6) is 0 Å². The van der Waals surface area contributed by atoms with Crippen LogP contribution in [0.4, 0.5) is 5.82 Å². The average Bonchev–Trinajstić information content (AvgIpc) is 2.47. The van der Waals surface area contributed by atoms with Crippen LogP contribution >= 0.6 is 0 Å². The zero-order valence-corrected chi connectivity index (χ0v) is 12.5. The second-order valence-electron chi connectivity index (χ2n) is 5.81. The first kappa shape index (κ1) is 13.4. The number of benzene rings is 1. The molecule has 0 bridgehead atoms. The van der Waals surface area contributed by atoms with E-state index in [-0.39, 0.29) is 0 Å². The molecule has 2 aromatic rings. The van der Waals surface area contributed by atoms with Crippen LogP contribution in [0.25, 0.3) is 10.9 Å². The van der Waals surface area contributed by atoms with Crippen LogP contribution in [0.1, 0.15) is 18.9 Å². The van der Waals surface area contributed by atoms with E-state index in [1.54, 1.807) is 0 Å². The maximum absolute atomic E-state index is 5.61. The van der Waals surface area contributed by atoms with E-state index in [2.05, 4.69) is 43.0 Å². The van der Waals surface area contributed by atoms with Gasteiger partial charge < -0.3 is 9.64 Å². The molecule has 1 aliphatic rings. The lowest BCUT2D eigenvalue weighted by atomic mass is 9.95. The van der Waals surface area contributed by atoms with Gasteiger partial charge in [0.15, 0.2) is 0 Å². The van der Waals surface area contributed by atoms with E-state index < -0.39 is 0 Å². The largest absolute Gasteiger partial charge is 0.379 e. The highest BCUT2D eigenvalue weighted by molar-refractivity contribution is 5.81. The minimum atomic E-state index is 0.302. The Morgan fingerprint density at radius 1 is 1.30 bits per heavy atom. The summed E-state index contributed by atoms with van der Waals surface area (Å²) in [6.45, 7) is 6.41. The number of anilines is 1. The Balaban J connectivity index is 1.95. The van der Waals surface area contributed by atoms with Gasteiger partial charge in [0, 0.05) is 25.6 Å². The van der Waals surface area contributed by atoms with E-state index >= 15 is 0 Å². The highest BCUT2D eigenvalue weighted by atomic mass is 16.5. The fourth-order valence-electron chi connectivity index (χ4n) is 3.06. The molecule has 0 amide bonds. The molecular formula is C17H22N2O. The summed E-state index contributed by atoms with van der Waals surface area (Å²) in [4.78, 5) is 7.23. The molecule has 0 saturated carbocycles. The normalized spacial score (nSPS) is 23.2. The first-order chi connectivity index (χ1) is 9.69. The third-order valence-electron chi connectivity index (χ3n) is 4.38. The summed E-state index contributed by atoms with van der Waals surface area (Å²) in [6.07, 6.45) is 1.46. The van der Waals surface area contributed by atoms with Crippen molar-refractivity contribution in [3.63, 3.8) is 0 Å². The number of methoxy groups -OCH3 is 1. The number of para-hydroxylation sites is 1. The van der Waals surface area contributed by atoms with Gasteiger partial charge in [-0.1, -0.05) is 25.1 Å². The summed E-state index contributed by atoms with van der Waals surface area (Å²) in [5.74, 6) is 1.73. The number of fused-ring (bicyclic) bond motifs is 1. The molecule has 2 atom stereocenters.